The van der Waals surface area contributed by atoms with Gasteiger partial charge >= 0.3 is 0 Å². The van der Waals surface area contributed by atoms with Gasteiger partial charge in [-0.2, -0.15) is 0 Å². The molecule has 0 aromatic heterocycles. The van der Waals surface area contributed by atoms with E-state index in [1.54, 1.807) is 0 Å². The quantitative estimate of drug-likeness (QED) is 0.439. The summed E-state index contributed by atoms with van der Waals surface area (Å²) in [4.78, 5) is 2.27. The van der Waals surface area contributed by atoms with E-state index in [-0.39, 0.29) is 0 Å². The molecule has 0 aromatic rings. The second kappa shape index (κ2) is 7.76. The van der Waals surface area contributed by atoms with Crippen LogP contribution in [0.1, 0.15) is 13.3 Å². The molecule has 0 saturated carbocycles. The van der Waals surface area contributed by atoms with Crippen LogP contribution in [0, 0.1) is 0 Å². The molecule has 66 valence electrons. The predicted molar refractivity (Wildman–Crippen MR) is 50.9 cm³/mol. The lowest BCUT2D eigenvalue weighted by molar-refractivity contribution is 0.361. The maximum Gasteiger partial charge on any atom is 0.0157 e. The van der Waals surface area contributed by atoms with E-state index in [9.17, 15) is 0 Å². The van der Waals surface area contributed by atoms with Crippen LogP contribution >= 0.6 is 0 Å². The van der Waals surface area contributed by atoms with Gasteiger partial charge in [0.15, 0.2) is 0 Å². The van der Waals surface area contributed by atoms with Gasteiger partial charge in [-0.15, -0.1) is 6.58 Å². The van der Waals surface area contributed by atoms with Crippen molar-refractivity contribution in [1.29, 1.82) is 0 Å². The molecule has 0 saturated heterocycles. The van der Waals surface area contributed by atoms with Crippen molar-refractivity contribution < 1.29 is 0 Å². The van der Waals surface area contributed by atoms with Crippen molar-refractivity contribution in [2.75, 3.05) is 33.2 Å². The number of likely N-dealkylation sites (N-methyl/N-ethyl adjacent to an activating group) is 1. The summed E-state index contributed by atoms with van der Waals surface area (Å²) < 4.78 is 0. The van der Waals surface area contributed by atoms with Gasteiger partial charge in [-0.3, -0.25) is 0 Å². The average molecular weight is 156 g/mol. The van der Waals surface area contributed by atoms with Gasteiger partial charge in [0, 0.05) is 6.54 Å². The van der Waals surface area contributed by atoms with Crippen molar-refractivity contribution >= 4 is 0 Å². The van der Waals surface area contributed by atoms with Crippen molar-refractivity contribution in [3.63, 3.8) is 0 Å². The first-order chi connectivity index (χ1) is 5.31. The first-order valence-electron chi connectivity index (χ1n) is 4.31. The first kappa shape index (κ1) is 10.7. The fraction of sp³-hybridized carbons (Fsp3) is 0.778. The highest BCUT2D eigenvalue weighted by atomic mass is 15.1. The molecule has 0 amide bonds. The highest BCUT2D eigenvalue weighted by molar-refractivity contribution is 4.70. The van der Waals surface area contributed by atoms with Crippen molar-refractivity contribution in [1.82, 2.24) is 10.2 Å². The van der Waals surface area contributed by atoms with Crippen molar-refractivity contribution in [3.8, 4) is 0 Å². The van der Waals surface area contributed by atoms with Crippen LogP contribution in [0.3, 0.4) is 0 Å². The zero-order valence-electron chi connectivity index (χ0n) is 7.77. The molecule has 0 radical (unpaired) electrons. The summed E-state index contributed by atoms with van der Waals surface area (Å²) in [6.07, 6.45) is 3.16. The third-order valence-electron chi connectivity index (χ3n) is 1.58. The minimum absolute atomic E-state index is 0.992. The van der Waals surface area contributed by atoms with Crippen LogP contribution in [-0.2, 0) is 0 Å². The second-order valence-electron chi connectivity index (χ2n) is 2.76. The van der Waals surface area contributed by atoms with Crippen LogP contribution in [0.5, 0.6) is 0 Å². The number of rotatable bonds is 7. The Bertz CT molecular complexity index is 91.6. The Morgan fingerprint density at radius 1 is 1.55 bits per heavy atom. The molecule has 0 atom stereocenters. The molecule has 2 nitrogen and oxygen atoms in total. The molecule has 0 rings (SSSR count). The Labute approximate surface area is 70.3 Å². The van der Waals surface area contributed by atoms with Crippen molar-refractivity contribution in [3.05, 3.63) is 12.7 Å². The van der Waals surface area contributed by atoms with Gasteiger partial charge in [0.1, 0.15) is 0 Å². The standard InChI is InChI=1S/C9H20N2/c1-4-8-11(3)9-6-7-10-5-2/h4,10H,1,5-9H2,2-3H3. The highest BCUT2D eigenvalue weighted by Gasteiger charge is 1.92. The maximum atomic E-state index is 3.69. The van der Waals surface area contributed by atoms with Gasteiger partial charge in [0.2, 0.25) is 0 Å². The Morgan fingerprint density at radius 2 is 2.27 bits per heavy atom. The van der Waals surface area contributed by atoms with E-state index >= 15 is 0 Å². The van der Waals surface area contributed by atoms with Crippen LogP contribution in [-0.4, -0.2) is 38.1 Å². The molecule has 1 N–H and O–H groups in total. The molecule has 0 spiro atoms. The lowest BCUT2D eigenvalue weighted by atomic mass is 10.4. The predicted octanol–water partition coefficient (Wildman–Crippen LogP) is 1.10. The summed E-state index contributed by atoms with van der Waals surface area (Å²) in [5, 5.41) is 3.29. The van der Waals surface area contributed by atoms with E-state index < -0.39 is 0 Å². The summed E-state index contributed by atoms with van der Waals surface area (Å²) in [5.74, 6) is 0. The van der Waals surface area contributed by atoms with Gasteiger partial charge in [-0.1, -0.05) is 13.0 Å². The monoisotopic (exact) mass is 156 g/mol. The topological polar surface area (TPSA) is 15.3 Å². The molecule has 11 heavy (non-hydrogen) atoms. The van der Waals surface area contributed by atoms with E-state index in [4.69, 9.17) is 0 Å². The number of hydrogen-bond donors (Lipinski definition) is 1. The number of hydrogen-bond acceptors (Lipinski definition) is 2. The van der Waals surface area contributed by atoms with Crippen LogP contribution in [0.25, 0.3) is 0 Å². The second-order valence-corrected chi connectivity index (χ2v) is 2.76. The summed E-state index contributed by atoms with van der Waals surface area (Å²) in [6.45, 7) is 10.2. The maximum absolute atomic E-state index is 3.69. The summed E-state index contributed by atoms with van der Waals surface area (Å²) in [7, 11) is 2.12. The van der Waals surface area contributed by atoms with Crippen molar-refractivity contribution in [2.24, 2.45) is 0 Å². The lowest BCUT2D eigenvalue weighted by Gasteiger charge is -2.13. The molecule has 0 aromatic carbocycles. The SMILES string of the molecule is C=CCN(C)CCCNCC. The largest absolute Gasteiger partial charge is 0.317 e. The average Bonchev–Trinajstić information content (AvgIpc) is 1.99. The molecule has 0 heterocycles. The third kappa shape index (κ3) is 7.56. The molecular weight excluding hydrogens is 136 g/mol. The van der Waals surface area contributed by atoms with Crippen LogP contribution in [0.2, 0.25) is 0 Å². The molecular formula is C9H20N2. The Morgan fingerprint density at radius 3 is 2.82 bits per heavy atom. The first-order valence-corrected chi connectivity index (χ1v) is 4.31. The zero-order valence-corrected chi connectivity index (χ0v) is 7.77. The fourth-order valence-electron chi connectivity index (χ4n) is 0.962. The van der Waals surface area contributed by atoms with Crippen LogP contribution in [0.15, 0.2) is 12.7 Å². The smallest absolute Gasteiger partial charge is 0.0157 e. The van der Waals surface area contributed by atoms with Gasteiger partial charge in [0.05, 0.1) is 0 Å². The number of nitrogens with one attached hydrogen (secondary N) is 1. The van der Waals surface area contributed by atoms with Crippen LogP contribution in [0.4, 0.5) is 0 Å². The van der Waals surface area contributed by atoms with Crippen LogP contribution < -0.4 is 5.32 Å². The van der Waals surface area contributed by atoms with E-state index in [1.807, 2.05) is 6.08 Å². The van der Waals surface area contributed by atoms with Gasteiger partial charge in [-0.25, -0.2) is 0 Å². The highest BCUT2D eigenvalue weighted by Crippen LogP contribution is 1.85. The zero-order chi connectivity index (χ0) is 8.53. The van der Waals surface area contributed by atoms with Gasteiger partial charge in [-0.05, 0) is 33.1 Å². The molecule has 0 bridgehead atoms. The van der Waals surface area contributed by atoms with E-state index in [0.717, 1.165) is 26.2 Å². The molecule has 0 aliphatic rings. The summed E-state index contributed by atoms with van der Waals surface area (Å²) >= 11 is 0. The van der Waals surface area contributed by atoms with E-state index in [0.29, 0.717) is 0 Å². The molecule has 0 aliphatic carbocycles. The normalized spacial score (nSPS) is 10.5. The molecule has 0 unspecified atom stereocenters. The van der Waals surface area contributed by atoms with E-state index in [1.165, 1.54) is 6.42 Å². The summed E-state index contributed by atoms with van der Waals surface area (Å²) in [5.41, 5.74) is 0. The van der Waals surface area contributed by atoms with Crippen molar-refractivity contribution in [2.45, 2.75) is 13.3 Å². The summed E-state index contributed by atoms with van der Waals surface area (Å²) in [6, 6.07) is 0. The Hall–Kier alpha value is -0.340. The molecule has 0 fully saturated rings. The third-order valence-corrected chi connectivity index (χ3v) is 1.58. The molecule has 2 heteroatoms. The lowest BCUT2D eigenvalue weighted by Crippen LogP contribution is -2.24. The fourth-order valence-corrected chi connectivity index (χ4v) is 0.962. The number of nitrogens with zero attached hydrogens (tertiary/aromatic N) is 1. The van der Waals surface area contributed by atoms with E-state index in [2.05, 4.69) is 30.8 Å². The molecule has 0 aliphatic heterocycles. The Kier molecular flexibility index (Phi) is 7.52. The minimum atomic E-state index is 0.992. The van der Waals surface area contributed by atoms with Gasteiger partial charge in [0.25, 0.3) is 0 Å². The minimum Gasteiger partial charge on any atom is -0.317 e. The Balaban J connectivity index is 3.03. The van der Waals surface area contributed by atoms with Gasteiger partial charge < -0.3 is 10.2 Å².